The number of nitrogens with two attached hydrogens (primary N) is 1. The van der Waals surface area contributed by atoms with Crippen molar-refractivity contribution >= 4 is 24.7 Å². The number of nitrogens with zero attached hydrogens (tertiary/aromatic N) is 2. The number of H-pyrrole nitrogens is 2. The molecule has 0 saturated carbocycles. The molecule has 1 saturated heterocycles. The Morgan fingerprint density at radius 1 is 1.11 bits per heavy atom. The molecule has 0 aromatic carbocycles. The predicted octanol–water partition coefficient (Wildman–Crippen LogP) is 0.274. The van der Waals surface area contributed by atoms with Gasteiger partial charge in [0.15, 0.2) is 22.7 Å². The van der Waals surface area contributed by atoms with Gasteiger partial charge in [-0.05, 0) is 25.7 Å². The van der Waals surface area contributed by atoms with Gasteiger partial charge in [-0.25, -0.2) is 9.36 Å². The number of hydrogen-bond acceptors (Lipinski definition) is 10. The quantitative estimate of drug-likeness (QED) is 0.211. The van der Waals surface area contributed by atoms with E-state index >= 15 is 0 Å². The lowest BCUT2D eigenvalue weighted by atomic mass is 9.88. The molecular formula is C20H34N5O9P. The fourth-order valence-corrected chi connectivity index (χ4v) is 6.27. The maximum atomic E-state index is 13.1. The van der Waals surface area contributed by atoms with Crippen LogP contribution in [0, 0.1) is 0 Å². The van der Waals surface area contributed by atoms with Crippen LogP contribution in [0.1, 0.15) is 66.0 Å². The van der Waals surface area contributed by atoms with Crippen molar-refractivity contribution in [1.82, 2.24) is 19.5 Å². The van der Waals surface area contributed by atoms with Crippen molar-refractivity contribution in [3.63, 3.8) is 0 Å². The van der Waals surface area contributed by atoms with E-state index in [1.54, 1.807) is 27.7 Å². The first-order valence-corrected chi connectivity index (χ1v) is 13.1. The number of aliphatic hydroxyl groups excluding tert-OH is 2. The average molecular weight is 519 g/mol. The average Bonchev–Trinajstić information content (AvgIpc) is 3.28. The molecule has 5 atom stereocenters. The minimum atomic E-state index is -4.54. The van der Waals surface area contributed by atoms with Gasteiger partial charge in [0, 0.05) is 6.42 Å². The lowest BCUT2D eigenvalue weighted by Gasteiger charge is -2.40. The first-order valence-electron chi connectivity index (χ1n) is 11.6. The summed E-state index contributed by atoms with van der Waals surface area (Å²) >= 11 is 0. The van der Waals surface area contributed by atoms with Crippen molar-refractivity contribution in [3.05, 3.63) is 20.8 Å². The van der Waals surface area contributed by atoms with Crippen molar-refractivity contribution in [2.45, 2.75) is 95.3 Å². The molecule has 14 nitrogen and oxygen atoms in total. The largest absolute Gasteiger partial charge is 0.388 e. The van der Waals surface area contributed by atoms with Gasteiger partial charge in [-0.3, -0.25) is 23.9 Å². The Hall–Kier alpha value is -2.06. The molecule has 35 heavy (non-hydrogen) atoms. The zero-order chi connectivity index (χ0) is 26.3. The van der Waals surface area contributed by atoms with E-state index in [2.05, 4.69) is 15.0 Å². The number of anilines is 1. The molecule has 0 spiro atoms. The molecule has 0 bridgehead atoms. The van der Waals surface area contributed by atoms with Gasteiger partial charge in [-0.2, -0.15) is 4.98 Å². The number of imidazole rings is 1. The van der Waals surface area contributed by atoms with Gasteiger partial charge in [0.1, 0.15) is 12.2 Å². The van der Waals surface area contributed by atoms with Crippen LogP contribution in [0.25, 0.3) is 11.2 Å². The molecule has 8 N–H and O–H groups in total. The molecule has 15 heteroatoms. The highest BCUT2D eigenvalue weighted by Crippen LogP contribution is 2.61. The second-order valence-electron chi connectivity index (χ2n) is 8.89. The lowest BCUT2D eigenvalue weighted by molar-refractivity contribution is -0.0768. The second kappa shape index (κ2) is 9.77. The van der Waals surface area contributed by atoms with Crippen molar-refractivity contribution in [1.29, 1.82) is 0 Å². The Labute approximate surface area is 200 Å². The first-order chi connectivity index (χ1) is 16.3. The maximum absolute atomic E-state index is 13.1. The third kappa shape index (κ3) is 4.71. The van der Waals surface area contributed by atoms with Gasteiger partial charge in [0.05, 0.1) is 11.7 Å². The Balaban J connectivity index is 1.95. The zero-order valence-corrected chi connectivity index (χ0v) is 21.0. The Kier molecular flexibility index (Phi) is 7.68. The highest BCUT2D eigenvalue weighted by atomic mass is 31.2. The minimum Gasteiger partial charge on any atom is -0.388 e. The number of hydrogen-bond donors (Lipinski definition) is 7. The number of rotatable bonds is 10. The monoisotopic (exact) mass is 519 g/mol. The molecular weight excluding hydrogens is 485 g/mol. The third-order valence-corrected chi connectivity index (χ3v) is 9.35. The number of aromatic amines is 2. The van der Waals surface area contributed by atoms with Gasteiger partial charge in [0.2, 0.25) is 5.95 Å². The van der Waals surface area contributed by atoms with Crippen LogP contribution < -0.4 is 17.0 Å². The van der Waals surface area contributed by atoms with E-state index in [0.29, 0.717) is 0 Å². The van der Waals surface area contributed by atoms with E-state index in [4.69, 9.17) is 15.0 Å². The van der Waals surface area contributed by atoms with E-state index in [1.165, 1.54) is 0 Å². The number of ether oxygens (including phenoxy) is 1. The molecule has 3 rings (SSSR count). The normalized spacial score (nSPS) is 25.3. The van der Waals surface area contributed by atoms with Crippen molar-refractivity contribution in [2.24, 2.45) is 0 Å². The maximum Gasteiger partial charge on any atom is 0.359 e. The summed E-state index contributed by atoms with van der Waals surface area (Å²) < 4.78 is 25.5. The molecule has 0 radical (unpaired) electrons. The van der Waals surface area contributed by atoms with E-state index in [1.807, 2.05) is 0 Å². The van der Waals surface area contributed by atoms with Gasteiger partial charge in [-0.1, -0.05) is 27.7 Å². The molecule has 0 aliphatic carbocycles. The SMILES string of the molecule is CCC(CC)(CC1O[C@@H](n2c(=O)[nH]c3c(=O)[nH]c(N)nc32)[C@H](O)[C@@H]1O)OP(=O)(O)C(O)(CC)CC. The number of fused-ring (bicyclic) bond motifs is 1. The predicted molar refractivity (Wildman–Crippen MR) is 126 cm³/mol. The van der Waals surface area contributed by atoms with Crippen LogP contribution in [0.5, 0.6) is 0 Å². The first kappa shape index (κ1) is 27.5. The highest BCUT2D eigenvalue weighted by molar-refractivity contribution is 7.54. The van der Waals surface area contributed by atoms with Gasteiger partial charge < -0.3 is 30.7 Å². The van der Waals surface area contributed by atoms with E-state index in [-0.39, 0.29) is 49.2 Å². The Morgan fingerprint density at radius 2 is 1.71 bits per heavy atom. The van der Waals surface area contributed by atoms with Crippen molar-refractivity contribution in [2.75, 3.05) is 5.73 Å². The topological polar surface area (TPSA) is 226 Å². The van der Waals surface area contributed by atoms with Gasteiger partial charge >= 0.3 is 13.3 Å². The number of nitrogen functional groups attached to an aromatic ring is 1. The van der Waals surface area contributed by atoms with Crippen LogP contribution in [0.15, 0.2) is 9.59 Å². The van der Waals surface area contributed by atoms with Crippen molar-refractivity contribution < 1.29 is 34.0 Å². The van der Waals surface area contributed by atoms with Crippen LogP contribution in [0.4, 0.5) is 5.95 Å². The third-order valence-electron chi connectivity index (χ3n) is 7.03. The van der Waals surface area contributed by atoms with E-state index in [9.17, 15) is 34.4 Å². The zero-order valence-electron chi connectivity index (χ0n) is 20.1. The van der Waals surface area contributed by atoms with Crippen LogP contribution in [0.3, 0.4) is 0 Å². The Morgan fingerprint density at radius 3 is 2.26 bits per heavy atom. The summed E-state index contributed by atoms with van der Waals surface area (Å²) in [4.78, 5) is 43.9. The fraction of sp³-hybridized carbons (Fsp3) is 0.750. The molecule has 2 unspecified atom stereocenters. The van der Waals surface area contributed by atoms with Crippen LogP contribution >= 0.6 is 7.60 Å². The molecule has 3 heterocycles. The molecule has 1 aliphatic rings. The summed E-state index contributed by atoms with van der Waals surface area (Å²) in [5.74, 6) is -0.262. The standard InChI is InChI=1S/C20H34N5O9P/c1-5-19(6-2,34-35(31,32)20(30,7-3)8-4)9-10-12(26)13(27)16(33-10)25-14-11(22-18(25)29)15(28)24-17(21)23-14/h10,12-13,16,26-27,30H,5-9H2,1-4H3,(H,22,29)(H,31,32)(H3,21,23,24,28)/t10?,12-,13-,16-/m1/s1. The molecule has 2 aromatic rings. The molecule has 1 aliphatic heterocycles. The number of nitrogens with one attached hydrogen (secondary N) is 2. The number of aliphatic hydroxyl groups is 3. The van der Waals surface area contributed by atoms with Crippen LogP contribution in [0.2, 0.25) is 0 Å². The summed E-state index contributed by atoms with van der Waals surface area (Å²) in [5.41, 5.74) is 2.43. The molecule has 2 aromatic heterocycles. The molecule has 0 amide bonds. The van der Waals surface area contributed by atoms with Crippen LogP contribution in [-0.4, -0.2) is 69.0 Å². The van der Waals surface area contributed by atoms with E-state index in [0.717, 1.165) is 4.57 Å². The fourth-order valence-electron chi connectivity index (χ4n) is 4.44. The summed E-state index contributed by atoms with van der Waals surface area (Å²) in [5, 5.41) is 30.2. The summed E-state index contributed by atoms with van der Waals surface area (Å²) in [6, 6.07) is 0. The minimum absolute atomic E-state index is 0.0110. The molecule has 1 fully saturated rings. The highest BCUT2D eigenvalue weighted by Gasteiger charge is 2.53. The van der Waals surface area contributed by atoms with Crippen molar-refractivity contribution in [3.8, 4) is 0 Å². The van der Waals surface area contributed by atoms with Gasteiger partial charge in [0.25, 0.3) is 5.56 Å². The van der Waals surface area contributed by atoms with Gasteiger partial charge in [-0.15, -0.1) is 0 Å². The van der Waals surface area contributed by atoms with Crippen LogP contribution in [-0.2, 0) is 13.8 Å². The lowest BCUT2D eigenvalue weighted by Crippen LogP contribution is -2.42. The number of aromatic nitrogens is 4. The molecule has 198 valence electrons. The summed E-state index contributed by atoms with van der Waals surface area (Å²) in [6.45, 7) is 6.59. The summed E-state index contributed by atoms with van der Waals surface area (Å²) in [6.07, 6.45) is -5.36. The second-order valence-corrected chi connectivity index (χ2v) is 10.9. The smallest absolute Gasteiger partial charge is 0.359 e. The Bertz CT molecular complexity index is 1220. The summed E-state index contributed by atoms with van der Waals surface area (Å²) in [7, 11) is -4.54. The van der Waals surface area contributed by atoms with E-state index < -0.39 is 54.3 Å².